The van der Waals surface area contributed by atoms with Crippen LogP contribution in [0.15, 0.2) is 42.3 Å². The first-order valence-electron chi connectivity index (χ1n) is 7.02. The van der Waals surface area contributed by atoms with Crippen molar-refractivity contribution in [2.24, 2.45) is 5.18 Å². The molecule has 0 spiro atoms. The summed E-state index contributed by atoms with van der Waals surface area (Å²) in [6.07, 6.45) is 7.41. The van der Waals surface area contributed by atoms with Crippen molar-refractivity contribution in [2.75, 3.05) is 0 Å². The van der Waals surface area contributed by atoms with Gasteiger partial charge in [0.05, 0.1) is 34.8 Å². The van der Waals surface area contributed by atoms with Gasteiger partial charge in [0.1, 0.15) is 0 Å². The standard InChI is InChI=1S/C16H8ClFN6O/c1-2-3-8-15(18)14(17)13(9-4-20-22-16(8)9)10-6-24-7-11(23-25)21-12(24)5-19-10/h3-7H,1H2,(H,20,22). The molecule has 1 aromatic carbocycles. The van der Waals surface area contributed by atoms with Gasteiger partial charge in [-0.15, -0.1) is 10.6 Å². The van der Waals surface area contributed by atoms with Gasteiger partial charge in [-0.3, -0.25) is 10.1 Å². The van der Waals surface area contributed by atoms with Crippen molar-refractivity contribution in [3.8, 4) is 11.3 Å². The summed E-state index contributed by atoms with van der Waals surface area (Å²) < 4.78 is 16.3. The molecule has 0 atom stereocenters. The van der Waals surface area contributed by atoms with Crippen LogP contribution in [0.1, 0.15) is 5.56 Å². The fourth-order valence-corrected chi connectivity index (χ4v) is 2.98. The number of aromatic amines is 1. The molecule has 4 rings (SSSR count). The van der Waals surface area contributed by atoms with Crippen LogP contribution >= 0.6 is 11.6 Å². The molecule has 0 fully saturated rings. The second kappa shape index (κ2) is 5.62. The zero-order valence-corrected chi connectivity index (χ0v) is 13.3. The largest absolute Gasteiger partial charge is 0.301 e. The number of rotatable bonds is 3. The van der Waals surface area contributed by atoms with E-state index in [1.54, 1.807) is 10.6 Å². The van der Waals surface area contributed by atoms with Gasteiger partial charge in [-0.05, 0) is 11.3 Å². The highest BCUT2D eigenvalue weighted by Crippen LogP contribution is 2.38. The van der Waals surface area contributed by atoms with Crippen LogP contribution in [0.25, 0.3) is 33.9 Å². The van der Waals surface area contributed by atoms with Crippen LogP contribution in [0.4, 0.5) is 10.2 Å². The van der Waals surface area contributed by atoms with Crippen LogP contribution < -0.4 is 0 Å². The van der Waals surface area contributed by atoms with Crippen molar-refractivity contribution in [1.29, 1.82) is 0 Å². The summed E-state index contributed by atoms with van der Waals surface area (Å²) in [5.74, 6) is -0.608. The molecule has 0 amide bonds. The molecule has 4 aromatic rings. The normalized spacial score (nSPS) is 11.0. The van der Waals surface area contributed by atoms with Crippen molar-refractivity contribution in [2.45, 2.75) is 0 Å². The molecule has 3 aromatic heterocycles. The maximum atomic E-state index is 14.7. The van der Waals surface area contributed by atoms with Gasteiger partial charge in [0.2, 0.25) is 5.82 Å². The molecule has 122 valence electrons. The Kier molecular flexibility index (Phi) is 3.42. The fourth-order valence-electron chi connectivity index (χ4n) is 2.68. The van der Waals surface area contributed by atoms with Crippen molar-refractivity contribution < 1.29 is 4.39 Å². The van der Waals surface area contributed by atoms with E-state index in [1.807, 2.05) is 0 Å². The summed E-state index contributed by atoms with van der Waals surface area (Å²) in [7, 11) is 0. The van der Waals surface area contributed by atoms with E-state index >= 15 is 0 Å². The Morgan fingerprint density at radius 2 is 2.24 bits per heavy atom. The number of benzene rings is 1. The highest BCUT2D eigenvalue weighted by molar-refractivity contribution is 6.35. The Morgan fingerprint density at radius 1 is 1.40 bits per heavy atom. The minimum Gasteiger partial charge on any atom is -0.301 e. The predicted octanol–water partition coefficient (Wildman–Crippen LogP) is 4.26. The Bertz CT molecular complexity index is 1200. The molecule has 1 N–H and O–H groups in total. The molecular formula is C16H8ClFN6O. The third kappa shape index (κ3) is 2.24. The number of nitrogens with zero attached hydrogens (tertiary/aromatic N) is 5. The predicted molar refractivity (Wildman–Crippen MR) is 92.1 cm³/mol. The third-order valence-corrected chi connectivity index (χ3v) is 4.11. The molecule has 0 aliphatic carbocycles. The minimum absolute atomic E-state index is 0.0242. The van der Waals surface area contributed by atoms with Crippen molar-refractivity contribution in [3.63, 3.8) is 0 Å². The molecule has 3 heterocycles. The van der Waals surface area contributed by atoms with Gasteiger partial charge in [-0.25, -0.2) is 9.37 Å². The van der Waals surface area contributed by atoms with Gasteiger partial charge >= 0.3 is 0 Å². The van der Waals surface area contributed by atoms with E-state index in [1.165, 1.54) is 24.7 Å². The average Bonchev–Trinajstić information content (AvgIpc) is 3.25. The highest BCUT2D eigenvalue weighted by atomic mass is 35.5. The molecule has 0 unspecified atom stereocenters. The Morgan fingerprint density at radius 3 is 3.00 bits per heavy atom. The summed E-state index contributed by atoms with van der Waals surface area (Å²) in [4.78, 5) is 18.9. The van der Waals surface area contributed by atoms with Crippen LogP contribution in [-0.2, 0) is 0 Å². The Labute approximate surface area is 144 Å². The van der Waals surface area contributed by atoms with Crippen molar-refractivity contribution >= 4 is 40.0 Å². The lowest BCUT2D eigenvalue weighted by molar-refractivity contribution is 0.627. The van der Waals surface area contributed by atoms with Gasteiger partial charge in [-0.2, -0.15) is 5.10 Å². The van der Waals surface area contributed by atoms with Crippen LogP contribution in [-0.4, -0.2) is 24.6 Å². The molecule has 0 aliphatic heterocycles. The van der Waals surface area contributed by atoms with E-state index in [4.69, 9.17) is 11.6 Å². The molecule has 0 saturated carbocycles. The first-order chi connectivity index (χ1) is 12.1. The second-order valence-corrected chi connectivity index (χ2v) is 5.53. The van der Waals surface area contributed by atoms with E-state index in [9.17, 15) is 9.30 Å². The number of nitrogens with one attached hydrogen (secondary N) is 1. The lowest BCUT2D eigenvalue weighted by Crippen LogP contribution is -1.95. The van der Waals surface area contributed by atoms with Gasteiger partial charge in [0, 0.05) is 22.7 Å². The van der Waals surface area contributed by atoms with Crippen LogP contribution in [0, 0.1) is 10.7 Å². The van der Waals surface area contributed by atoms with Gasteiger partial charge in [0.25, 0.3) is 0 Å². The van der Waals surface area contributed by atoms with E-state index in [-0.39, 0.29) is 16.4 Å². The summed E-state index contributed by atoms with van der Waals surface area (Å²) in [5.41, 5.74) is 4.41. The van der Waals surface area contributed by atoms with Gasteiger partial charge < -0.3 is 4.40 Å². The number of fused-ring (bicyclic) bond motifs is 2. The third-order valence-electron chi connectivity index (χ3n) is 3.75. The number of hydrogen-bond acceptors (Lipinski definition) is 5. The Balaban J connectivity index is 2.05. The summed E-state index contributed by atoms with van der Waals surface area (Å²) in [6, 6.07) is 0. The minimum atomic E-state index is -0.632. The lowest BCUT2D eigenvalue weighted by atomic mass is 10.0. The molecule has 0 bridgehead atoms. The molecule has 7 nitrogen and oxygen atoms in total. The van der Waals surface area contributed by atoms with Crippen LogP contribution in [0.3, 0.4) is 0 Å². The van der Waals surface area contributed by atoms with E-state index in [2.05, 4.69) is 37.7 Å². The monoisotopic (exact) mass is 354 g/mol. The number of hydrogen-bond donors (Lipinski definition) is 1. The number of halogens is 2. The summed E-state index contributed by atoms with van der Waals surface area (Å²) >= 11 is 6.27. The van der Waals surface area contributed by atoms with Gasteiger partial charge in [-0.1, -0.05) is 18.2 Å². The Hall–Kier alpha value is -3.35. The quantitative estimate of drug-likeness (QED) is 0.439. The summed E-state index contributed by atoms with van der Waals surface area (Å²) in [6.45, 7) is 3.46. The zero-order chi connectivity index (χ0) is 17.6. The molecule has 25 heavy (non-hydrogen) atoms. The van der Waals surface area contributed by atoms with Crippen LogP contribution in [0.5, 0.6) is 0 Å². The zero-order valence-electron chi connectivity index (χ0n) is 12.5. The molecule has 0 aliphatic rings. The first kappa shape index (κ1) is 15.2. The number of H-pyrrole nitrogens is 1. The molecular weight excluding hydrogens is 347 g/mol. The SMILES string of the molecule is C=C=Cc1c(F)c(Cl)c(-c2cn3cc(N=O)nc3cn2)c2cn[nH]c12. The van der Waals surface area contributed by atoms with Crippen LogP contribution in [0.2, 0.25) is 5.02 Å². The maximum Gasteiger partial charge on any atom is 0.215 e. The maximum absolute atomic E-state index is 14.7. The highest BCUT2D eigenvalue weighted by Gasteiger charge is 2.21. The smallest absolute Gasteiger partial charge is 0.215 e. The average molecular weight is 355 g/mol. The number of imidazole rings is 1. The fraction of sp³-hybridized carbons (Fsp3) is 0. The second-order valence-electron chi connectivity index (χ2n) is 5.15. The van der Waals surface area contributed by atoms with E-state index in [0.717, 1.165) is 0 Å². The van der Waals surface area contributed by atoms with E-state index in [0.29, 0.717) is 27.8 Å². The van der Waals surface area contributed by atoms with E-state index < -0.39 is 5.82 Å². The number of nitroso groups, excluding NO2 is 1. The first-order valence-corrected chi connectivity index (χ1v) is 7.40. The number of aromatic nitrogens is 5. The molecule has 0 radical (unpaired) electrons. The molecule has 9 heteroatoms. The molecule has 0 saturated heterocycles. The summed E-state index contributed by atoms with van der Waals surface area (Å²) in [5, 5.41) is 10.00. The van der Waals surface area contributed by atoms with Crippen molar-refractivity contribution in [1.82, 2.24) is 24.6 Å². The van der Waals surface area contributed by atoms with Gasteiger partial charge in [0.15, 0.2) is 11.5 Å². The topological polar surface area (TPSA) is 88.3 Å². The lowest BCUT2D eigenvalue weighted by Gasteiger charge is -2.10. The van der Waals surface area contributed by atoms with Crippen molar-refractivity contribution in [3.05, 3.63) is 58.4 Å².